The van der Waals surface area contributed by atoms with Gasteiger partial charge in [-0.3, -0.25) is 9.97 Å². The van der Waals surface area contributed by atoms with Crippen molar-refractivity contribution in [3.05, 3.63) is 66.4 Å². The SMILES string of the molecule is CC(C)(O)c1cc(Nc2cc(Oc3cccnc3C3CCOCC3)ccn2)ccn1. The van der Waals surface area contributed by atoms with Gasteiger partial charge in [0, 0.05) is 49.5 Å². The van der Waals surface area contributed by atoms with Crippen molar-refractivity contribution in [1.82, 2.24) is 15.0 Å². The lowest BCUT2D eigenvalue weighted by Gasteiger charge is -2.23. The van der Waals surface area contributed by atoms with E-state index in [1.165, 1.54) is 0 Å². The number of hydrogen-bond donors (Lipinski definition) is 2. The highest BCUT2D eigenvalue weighted by molar-refractivity contribution is 5.58. The minimum absolute atomic E-state index is 0.339. The number of ether oxygens (including phenoxy) is 2. The molecule has 0 saturated carbocycles. The summed E-state index contributed by atoms with van der Waals surface area (Å²) in [4.78, 5) is 13.2. The van der Waals surface area contributed by atoms with Gasteiger partial charge in [-0.25, -0.2) is 4.98 Å². The molecule has 2 N–H and O–H groups in total. The Kier molecular flexibility index (Phi) is 5.92. The van der Waals surface area contributed by atoms with E-state index >= 15 is 0 Å². The van der Waals surface area contributed by atoms with Crippen LogP contribution in [0.15, 0.2) is 55.0 Å². The van der Waals surface area contributed by atoms with Crippen LogP contribution >= 0.6 is 0 Å². The molecule has 0 radical (unpaired) electrons. The molecule has 4 rings (SSSR count). The van der Waals surface area contributed by atoms with Gasteiger partial charge in [0.2, 0.25) is 0 Å². The Morgan fingerprint density at radius 3 is 2.63 bits per heavy atom. The van der Waals surface area contributed by atoms with Crippen molar-refractivity contribution in [1.29, 1.82) is 0 Å². The molecule has 0 bridgehead atoms. The molecule has 1 aliphatic rings. The lowest BCUT2D eigenvalue weighted by molar-refractivity contribution is 0.0739. The molecular weight excluding hydrogens is 380 g/mol. The summed E-state index contributed by atoms with van der Waals surface area (Å²) in [6.07, 6.45) is 7.05. The lowest BCUT2D eigenvalue weighted by atomic mass is 9.95. The van der Waals surface area contributed by atoms with E-state index in [-0.39, 0.29) is 0 Å². The van der Waals surface area contributed by atoms with Crippen LogP contribution in [0, 0.1) is 0 Å². The molecular formula is C23H26N4O3. The zero-order chi connectivity index (χ0) is 21.0. The van der Waals surface area contributed by atoms with Crippen molar-refractivity contribution in [3.63, 3.8) is 0 Å². The lowest BCUT2D eigenvalue weighted by Crippen LogP contribution is -2.17. The molecule has 0 unspecified atom stereocenters. The molecule has 0 amide bonds. The minimum atomic E-state index is -1.02. The third-order valence-electron chi connectivity index (χ3n) is 5.03. The smallest absolute Gasteiger partial charge is 0.149 e. The first-order valence-corrected chi connectivity index (χ1v) is 10.1. The average Bonchev–Trinajstić information content (AvgIpc) is 2.75. The Morgan fingerprint density at radius 2 is 1.83 bits per heavy atom. The molecule has 0 atom stereocenters. The van der Waals surface area contributed by atoms with Crippen molar-refractivity contribution < 1.29 is 14.6 Å². The third kappa shape index (κ3) is 4.93. The molecule has 1 saturated heterocycles. The minimum Gasteiger partial charge on any atom is -0.455 e. The molecule has 3 aromatic heterocycles. The second kappa shape index (κ2) is 8.77. The highest BCUT2D eigenvalue weighted by Gasteiger charge is 2.21. The van der Waals surface area contributed by atoms with Crippen molar-refractivity contribution in [2.75, 3.05) is 18.5 Å². The Morgan fingerprint density at radius 1 is 1.03 bits per heavy atom. The number of rotatable bonds is 6. The first-order valence-electron chi connectivity index (χ1n) is 10.1. The van der Waals surface area contributed by atoms with Gasteiger partial charge in [0.05, 0.1) is 11.4 Å². The largest absolute Gasteiger partial charge is 0.455 e. The topological polar surface area (TPSA) is 89.4 Å². The monoisotopic (exact) mass is 406 g/mol. The predicted molar refractivity (Wildman–Crippen MR) is 114 cm³/mol. The third-order valence-corrected chi connectivity index (χ3v) is 5.03. The van der Waals surface area contributed by atoms with Crippen LogP contribution in [0.5, 0.6) is 11.5 Å². The summed E-state index contributed by atoms with van der Waals surface area (Å²) in [7, 11) is 0. The Labute approximate surface area is 176 Å². The fraction of sp³-hybridized carbons (Fsp3) is 0.348. The van der Waals surface area contributed by atoms with Crippen LogP contribution in [0.2, 0.25) is 0 Å². The number of aliphatic hydroxyl groups is 1. The van der Waals surface area contributed by atoms with Crippen LogP contribution in [0.1, 0.15) is 44.0 Å². The number of nitrogens with zero attached hydrogens (tertiary/aromatic N) is 3. The number of hydrogen-bond acceptors (Lipinski definition) is 7. The van der Waals surface area contributed by atoms with Crippen LogP contribution in [0.25, 0.3) is 0 Å². The normalized spacial score (nSPS) is 15.0. The predicted octanol–water partition coefficient (Wildman–Crippen LogP) is 4.53. The summed E-state index contributed by atoms with van der Waals surface area (Å²) in [5, 5.41) is 13.4. The van der Waals surface area contributed by atoms with Crippen molar-refractivity contribution >= 4 is 11.5 Å². The average molecular weight is 406 g/mol. The summed E-state index contributed by atoms with van der Waals surface area (Å²) in [6, 6.07) is 11.1. The molecule has 156 valence electrons. The van der Waals surface area contributed by atoms with E-state index in [2.05, 4.69) is 20.3 Å². The summed E-state index contributed by atoms with van der Waals surface area (Å²) in [5.74, 6) is 2.41. The van der Waals surface area contributed by atoms with E-state index in [0.29, 0.717) is 23.2 Å². The zero-order valence-electron chi connectivity index (χ0n) is 17.2. The Bertz CT molecular complexity index is 997. The maximum atomic E-state index is 10.2. The van der Waals surface area contributed by atoms with E-state index in [4.69, 9.17) is 9.47 Å². The van der Waals surface area contributed by atoms with Crippen LogP contribution in [-0.2, 0) is 10.3 Å². The van der Waals surface area contributed by atoms with Gasteiger partial charge < -0.3 is 19.9 Å². The van der Waals surface area contributed by atoms with Gasteiger partial charge in [-0.05, 0) is 57.0 Å². The molecule has 1 fully saturated rings. The summed E-state index contributed by atoms with van der Waals surface area (Å²) < 4.78 is 11.7. The van der Waals surface area contributed by atoms with Gasteiger partial charge in [0.25, 0.3) is 0 Å². The molecule has 0 aromatic carbocycles. The summed E-state index contributed by atoms with van der Waals surface area (Å²) >= 11 is 0. The van der Waals surface area contributed by atoms with Crippen LogP contribution in [0.4, 0.5) is 11.5 Å². The van der Waals surface area contributed by atoms with E-state index < -0.39 is 5.60 Å². The summed E-state index contributed by atoms with van der Waals surface area (Å²) in [6.45, 7) is 4.91. The number of aromatic nitrogens is 3. The van der Waals surface area contributed by atoms with Crippen molar-refractivity contribution in [2.45, 2.75) is 38.2 Å². The van der Waals surface area contributed by atoms with E-state index in [1.807, 2.05) is 30.3 Å². The van der Waals surface area contributed by atoms with Crippen LogP contribution in [-0.4, -0.2) is 33.3 Å². The number of pyridine rings is 3. The zero-order valence-corrected chi connectivity index (χ0v) is 17.2. The maximum Gasteiger partial charge on any atom is 0.149 e. The molecule has 0 aliphatic carbocycles. The highest BCUT2D eigenvalue weighted by Crippen LogP contribution is 2.34. The van der Waals surface area contributed by atoms with E-state index in [0.717, 1.165) is 43.2 Å². The number of anilines is 2. The number of nitrogens with one attached hydrogen (secondary N) is 1. The first-order chi connectivity index (χ1) is 14.5. The van der Waals surface area contributed by atoms with Gasteiger partial charge in [0.15, 0.2) is 0 Å². The second-order valence-corrected chi connectivity index (χ2v) is 7.87. The van der Waals surface area contributed by atoms with Crippen LogP contribution in [0.3, 0.4) is 0 Å². The standard InChI is InChI=1S/C23H26N4O3/c1-23(2,28)20-14-17(5-10-24-20)27-21-15-18(6-11-25-21)30-19-4-3-9-26-22(19)16-7-12-29-13-8-16/h3-6,9-11,14-16,28H,7-8,12-13H2,1-2H3,(H,24,25,27). The molecule has 1 aliphatic heterocycles. The van der Waals surface area contributed by atoms with Gasteiger partial charge in [-0.2, -0.15) is 0 Å². The second-order valence-electron chi connectivity index (χ2n) is 7.87. The van der Waals surface area contributed by atoms with Gasteiger partial charge >= 0.3 is 0 Å². The molecule has 30 heavy (non-hydrogen) atoms. The molecule has 0 spiro atoms. The molecule has 7 nitrogen and oxygen atoms in total. The Hall–Kier alpha value is -3.03. The quantitative estimate of drug-likeness (QED) is 0.622. The van der Waals surface area contributed by atoms with Crippen molar-refractivity contribution in [2.24, 2.45) is 0 Å². The van der Waals surface area contributed by atoms with E-state index in [9.17, 15) is 5.11 Å². The van der Waals surface area contributed by atoms with E-state index in [1.54, 1.807) is 38.5 Å². The fourth-order valence-corrected chi connectivity index (χ4v) is 3.43. The Balaban J connectivity index is 1.52. The maximum absolute atomic E-state index is 10.2. The molecule has 7 heteroatoms. The van der Waals surface area contributed by atoms with Gasteiger partial charge in [0.1, 0.15) is 22.9 Å². The highest BCUT2D eigenvalue weighted by atomic mass is 16.5. The van der Waals surface area contributed by atoms with Crippen molar-refractivity contribution in [3.8, 4) is 11.5 Å². The molecule has 3 aromatic rings. The van der Waals surface area contributed by atoms with Gasteiger partial charge in [-0.1, -0.05) is 0 Å². The van der Waals surface area contributed by atoms with Crippen LogP contribution < -0.4 is 10.1 Å². The summed E-state index contributed by atoms with van der Waals surface area (Å²) in [5.41, 5.74) is 1.32. The first kappa shape index (κ1) is 20.3. The van der Waals surface area contributed by atoms with Gasteiger partial charge in [-0.15, -0.1) is 0 Å². The molecule has 4 heterocycles. The fourth-order valence-electron chi connectivity index (χ4n) is 3.43.